The monoisotopic (exact) mass is 234 g/mol. The number of ether oxygens (including phenoxy) is 1. The maximum absolute atomic E-state index is 6.13. The second-order valence-electron chi connectivity index (χ2n) is 4.90. The molecule has 17 heavy (non-hydrogen) atoms. The molecule has 1 aromatic carbocycles. The highest BCUT2D eigenvalue weighted by molar-refractivity contribution is 5.23. The average Bonchev–Trinajstić information content (AvgIpc) is 2.34. The Bertz CT molecular complexity index is 302. The molecule has 0 fully saturated rings. The van der Waals surface area contributed by atoms with Crippen LogP contribution in [0.2, 0.25) is 0 Å². The number of benzene rings is 1. The average molecular weight is 234 g/mol. The molecule has 0 aromatic heterocycles. The van der Waals surface area contributed by atoms with E-state index in [1.165, 1.54) is 30.4 Å². The van der Waals surface area contributed by atoms with Gasteiger partial charge in [0.05, 0.1) is 12.2 Å². The molecule has 0 amide bonds. The van der Waals surface area contributed by atoms with E-state index in [4.69, 9.17) is 4.74 Å². The first-order chi connectivity index (χ1) is 8.17. The standard InChI is InChI=1S/C16H26O/c1-5-7-8-14(4)17-16(6-2)15-11-9-13(3)10-12-15/h9-12,14,16H,5-8H2,1-4H3. The van der Waals surface area contributed by atoms with Gasteiger partial charge in [-0.1, -0.05) is 56.5 Å². The maximum Gasteiger partial charge on any atom is 0.0825 e. The van der Waals surface area contributed by atoms with Crippen molar-refractivity contribution in [2.24, 2.45) is 0 Å². The Hall–Kier alpha value is -0.820. The molecule has 0 saturated carbocycles. The van der Waals surface area contributed by atoms with E-state index in [9.17, 15) is 0 Å². The minimum Gasteiger partial charge on any atom is -0.371 e. The Balaban J connectivity index is 2.56. The van der Waals surface area contributed by atoms with E-state index in [0.717, 1.165) is 6.42 Å². The summed E-state index contributed by atoms with van der Waals surface area (Å²) in [7, 11) is 0. The molecule has 0 N–H and O–H groups in total. The van der Waals surface area contributed by atoms with Gasteiger partial charge in [0.1, 0.15) is 0 Å². The number of rotatable bonds is 7. The van der Waals surface area contributed by atoms with Crippen molar-refractivity contribution >= 4 is 0 Å². The Kier molecular flexibility index (Phi) is 6.28. The molecule has 0 saturated heterocycles. The molecule has 2 unspecified atom stereocenters. The van der Waals surface area contributed by atoms with Crippen LogP contribution in [0.4, 0.5) is 0 Å². The summed E-state index contributed by atoms with van der Waals surface area (Å²) in [5.74, 6) is 0. The van der Waals surface area contributed by atoms with Crippen LogP contribution in [0.25, 0.3) is 0 Å². The molecular weight excluding hydrogens is 208 g/mol. The topological polar surface area (TPSA) is 9.23 Å². The fourth-order valence-electron chi connectivity index (χ4n) is 2.03. The second kappa shape index (κ2) is 7.50. The summed E-state index contributed by atoms with van der Waals surface area (Å²) in [6.45, 7) is 8.73. The van der Waals surface area contributed by atoms with Crippen LogP contribution in [0.1, 0.15) is 63.7 Å². The second-order valence-corrected chi connectivity index (χ2v) is 4.90. The molecule has 1 heteroatoms. The highest BCUT2D eigenvalue weighted by atomic mass is 16.5. The summed E-state index contributed by atoms with van der Waals surface area (Å²) in [6.07, 6.45) is 5.32. The molecule has 0 bridgehead atoms. The smallest absolute Gasteiger partial charge is 0.0825 e. The van der Waals surface area contributed by atoms with Gasteiger partial charge in [-0.15, -0.1) is 0 Å². The van der Waals surface area contributed by atoms with Gasteiger partial charge in [0, 0.05) is 0 Å². The highest BCUT2D eigenvalue weighted by Crippen LogP contribution is 2.24. The van der Waals surface area contributed by atoms with Crippen molar-refractivity contribution in [2.75, 3.05) is 0 Å². The van der Waals surface area contributed by atoms with Crippen molar-refractivity contribution in [1.29, 1.82) is 0 Å². The van der Waals surface area contributed by atoms with Crippen LogP contribution in [0.5, 0.6) is 0 Å². The zero-order valence-corrected chi connectivity index (χ0v) is 11.7. The van der Waals surface area contributed by atoms with Gasteiger partial charge < -0.3 is 4.74 Å². The fraction of sp³-hybridized carbons (Fsp3) is 0.625. The SMILES string of the molecule is CCCCC(C)OC(CC)c1ccc(C)cc1. The third kappa shape index (κ3) is 4.91. The van der Waals surface area contributed by atoms with Crippen LogP contribution < -0.4 is 0 Å². The van der Waals surface area contributed by atoms with Gasteiger partial charge in [0.25, 0.3) is 0 Å². The van der Waals surface area contributed by atoms with Gasteiger partial charge in [0.15, 0.2) is 0 Å². The van der Waals surface area contributed by atoms with E-state index in [2.05, 4.69) is 52.0 Å². The third-order valence-corrected chi connectivity index (χ3v) is 3.18. The van der Waals surface area contributed by atoms with Crippen molar-refractivity contribution in [3.05, 3.63) is 35.4 Å². The van der Waals surface area contributed by atoms with E-state index in [1.54, 1.807) is 0 Å². The summed E-state index contributed by atoms with van der Waals surface area (Å²) in [5, 5.41) is 0. The molecule has 0 aliphatic carbocycles. The number of aryl methyl sites for hydroxylation is 1. The van der Waals surface area contributed by atoms with Crippen LogP contribution >= 0.6 is 0 Å². The van der Waals surface area contributed by atoms with Crippen molar-refractivity contribution < 1.29 is 4.74 Å². The van der Waals surface area contributed by atoms with E-state index in [-0.39, 0.29) is 6.10 Å². The van der Waals surface area contributed by atoms with Gasteiger partial charge in [-0.3, -0.25) is 0 Å². The molecule has 0 spiro atoms. The molecule has 0 radical (unpaired) electrons. The number of hydrogen-bond donors (Lipinski definition) is 0. The first kappa shape index (κ1) is 14.2. The first-order valence-corrected chi connectivity index (χ1v) is 6.89. The van der Waals surface area contributed by atoms with E-state index in [1.807, 2.05) is 0 Å². The maximum atomic E-state index is 6.13. The molecular formula is C16H26O. The quantitative estimate of drug-likeness (QED) is 0.642. The summed E-state index contributed by atoms with van der Waals surface area (Å²) in [4.78, 5) is 0. The van der Waals surface area contributed by atoms with Crippen LogP contribution in [0.3, 0.4) is 0 Å². The molecule has 0 aliphatic heterocycles. The summed E-state index contributed by atoms with van der Waals surface area (Å²) >= 11 is 0. The van der Waals surface area contributed by atoms with Crippen molar-refractivity contribution in [1.82, 2.24) is 0 Å². The van der Waals surface area contributed by atoms with Crippen LogP contribution in [-0.2, 0) is 4.74 Å². The lowest BCUT2D eigenvalue weighted by Gasteiger charge is -2.22. The summed E-state index contributed by atoms with van der Waals surface area (Å²) in [6, 6.07) is 8.71. The van der Waals surface area contributed by atoms with Crippen molar-refractivity contribution in [3.8, 4) is 0 Å². The van der Waals surface area contributed by atoms with Gasteiger partial charge in [-0.05, 0) is 32.3 Å². The summed E-state index contributed by atoms with van der Waals surface area (Å²) < 4.78 is 6.13. The van der Waals surface area contributed by atoms with E-state index < -0.39 is 0 Å². The Morgan fingerprint density at radius 3 is 2.29 bits per heavy atom. The number of hydrogen-bond acceptors (Lipinski definition) is 1. The van der Waals surface area contributed by atoms with Gasteiger partial charge in [-0.25, -0.2) is 0 Å². The Morgan fingerprint density at radius 1 is 1.12 bits per heavy atom. The molecule has 1 nitrogen and oxygen atoms in total. The van der Waals surface area contributed by atoms with Crippen LogP contribution in [0.15, 0.2) is 24.3 Å². The predicted octanol–water partition coefficient (Wildman–Crippen LogP) is 5.04. The Labute approximate surface area is 106 Å². The number of unbranched alkanes of at least 4 members (excludes halogenated alkanes) is 1. The fourth-order valence-corrected chi connectivity index (χ4v) is 2.03. The van der Waals surface area contributed by atoms with Crippen molar-refractivity contribution in [2.45, 2.75) is 65.6 Å². The molecule has 1 rings (SSSR count). The normalized spacial score (nSPS) is 14.6. The lowest BCUT2D eigenvalue weighted by molar-refractivity contribution is -0.0105. The lowest BCUT2D eigenvalue weighted by atomic mass is 10.0. The largest absolute Gasteiger partial charge is 0.371 e. The molecule has 0 aliphatic rings. The minimum absolute atomic E-state index is 0.252. The van der Waals surface area contributed by atoms with E-state index >= 15 is 0 Å². The predicted molar refractivity (Wildman–Crippen MR) is 74.3 cm³/mol. The highest BCUT2D eigenvalue weighted by Gasteiger charge is 2.13. The molecule has 2 atom stereocenters. The van der Waals surface area contributed by atoms with Crippen molar-refractivity contribution in [3.63, 3.8) is 0 Å². The zero-order valence-electron chi connectivity index (χ0n) is 11.7. The lowest BCUT2D eigenvalue weighted by Crippen LogP contribution is -2.13. The van der Waals surface area contributed by atoms with Gasteiger partial charge in [-0.2, -0.15) is 0 Å². The zero-order chi connectivity index (χ0) is 12.7. The van der Waals surface area contributed by atoms with E-state index in [0.29, 0.717) is 6.10 Å². The first-order valence-electron chi connectivity index (χ1n) is 6.89. The van der Waals surface area contributed by atoms with Gasteiger partial charge >= 0.3 is 0 Å². The van der Waals surface area contributed by atoms with Crippen LogP contribution in [-0.4, -0.2) is 6.10 Å². The van der Waals surface area contributed by atoms with Crippen LogP contribution in [0, 0.1) is 6.92 Å². The molecule has 1 aromatic rings. The third-order valence-electron chi connectivity index (χ3n) is 3.18. The Morgan fingerprint density at radius 2 is 1.76 bits per heavy atom. The molecule has 0 heterocycles. The summed E-state index contributed by atoms with van der Waals surface area (Å²) in [5.41, 5.74) is 2.61. The van der Waals surface area contributed by atoms with Gasteiger partial charge in [0.2, 0.25) is 0 Å². The minimum atomic E-state index is 0.252. The molecule has 96 valence electrons.